The summed E-state index contributed by atoms with van der Waals surface area (Å²) in [6, 6.07) is 16.9. The van der Waals surface area contributed by atoms with Gasteiger partial charge in [0.1, 0.15) is 24.8 Å². The quantitative estimate of drug-likeness (QED) is 0.289. The lowest BCUT2D eigenvalue weighted by Crippen LogP contribution is -2.32. The third-order valence-corrected chi connectivity index (χ3v) is 6.60. The molecular formula is C26H20Cl2FNO4S. The molecule has 1 aliphatic rings. The standard InChI is InChI=1S/C26H20Cl2FNO4S/c1-16-6-8-19(9-7-16)33-11-10-30-25(31)23(35-26(30)32)14-17-12-20(27)24(21(28)13-17)34-15-18-4-2-3-5-22(18)29/h2-9,12-14H,10-11,15H2,1H3/b23-14-. The van der Waals surface area contributed by atoms with Gasteiger partial charge in [0.2, 0.25) is 0 Å². The van der Waals surface area contributed by atoms with Gasteiger partial charge in [-0.15, -0.1) is 0 Å². The van der Waals surface area contributed by atoms with Gasteiger partial charge in [-0.3, -0.25) is 14.5 Å². The number of ether oxygens (including phenoxy) is 2. The van der Waals surface area contributed by atoms with Gasteiger partial charge in [0.25, 0.3) is 11.1 Å². The number of halogens is 3. The first-order valence-corrected chi connectivity index (χ1v) is 12.2. The Morgan fingerprint density at radius 2 is 1.69 bits per heavy atom. The third kappa shape index (κ3) is 6.17. The molecule has 1 heterocycles. The summed E-state index contributed by atoms with van der Waals surface area (Å²) < 4.78 is 25.1. The Labute approximate surface area is 216 Å². The highest BCUT2D eigenvalue weighted by molar-refractivity contribution is 8.18. The summed E-state index contributed by atoms with van der Waals surface area (Å²) in [5, 5.41) is 0.0208. The summed E-state index contributed by atoms with van der Waals surface area (Å²) in [6.07, 6.45) is 1.55. The van der Waals surface area contributed by atoms with E-state index < -0.39 is 11.7 Å². The van der Waals surface area contributed by atoms with Crippen LogP contribution in [0.4, 0.5) is 9.18 Å². The van der Waals surface area contributed by atoms with Crippen molar-refractivity contribution in [3.63, 3.8) is 0 Å². The molecule has 0 aromatic heterocycles. The fourth-order valence-corrected chi connectivity index (χ4v) is 4.78. The van der Waals surface area contributed by atoms with Crippen molar-refractivity contribution < 1.29 is 23.5 Å². The van der Waals surface area contributed by atoms with Gasteiger partial charge in [-0.2, -0.15) is 0 Å². The van der Waals surface area contributed by atoms with Crippen molar-refractivity contribution in [1.29, 1.82) is 0 Å². The number of hydrogen-bond acceptors (Lipinski definition) is 5. The Morgan fingerprint density at radius 3 is 2.37 bits per heavy atom. The summed E-state index contributed by atoms with van der Waals surface area (Å²) in [5.41, 5.74) is 2.00. The largest absolute Gasteiger partial charge is 0.492 e. The minimum atomic E-state index is -0.417. The SMILES string of the molecule is Cc1ccc(OCCN2C(=O)S/C(=C\c3cc(Cl)c(OCc4ccccc4F)c(Cl)c3)C2=O)cc1. The van der Waals surface area contributed by atoms with Crippen LogP contribution in [-0.4, -0.2) is 29.2 Å². The first-order chi connectivity index (χ1) is 16.8. The summed E-state index contributed by atoms with van der Waals surface area (Å²) >= 11 is 13.5. The number of amides is 2. The van der Waals surface area contributed by atoms with Crippen molar-refractivity contribution in [2.45, 2.75) is 13.5 Å². The summed E-state index contributed by atoms with van der Waals surface area (Å²) in [7, 11) is 0. The van der Waals surface area contributed by atoms with Crippen molar-refractivity contribution >= 4 is 52.2 Å². The van der Waals surface area contributed by atoms with E-state index in [-0.39, 0.29) is 45.7 Å². The molecule has 0 radical (unpaired) electrons. The topological polar surface area (TPSA) is 55.8 Å². The molecule has 9 heteroatoms. The van der Waals surface area contributed by atoms with E-state index in [1.165, 1.54) is 6.07 Å². The molecule has 3 aromatic rings. The number of aryl methyl sites for hydroxylation is 1. The maximum absolute atomic E-state index is 13.8. The van der Waals surface area contributed by atoms with E-state index in [1.54, 1.807) is 36.4 Å². The molecule has 3 aromatic carbocycles. The van der Waals surface area contributed by atoms with Gasteiger partial charge in [0.15, 0.2) is 5.75 Å². The molecule has 0 N–H and O–H groups in total. The molecule has 1 saturated heterocycles. The number of benzene rings is 3. The number of carbonyl (C=O) groups excluding carboxylic acids is 2. The van der Waals surface area contributed by atoms with Crippen LogP contribution in [-0.2, 0) is 11.4 Å². The fourth-order valence-electron chi connectivity index (χ4n) is 3.30. The van der Waals surface area contributed by atoms with Crippen LogP contribution in [0, 0.1) is 12.7 Å². The van der Waals surface area contributed by atoms with E-state index in [1.807, 2.05) is 31.2 Å². The van der Waals surface area contributed by atoms with E-state index in [0.717, 1.165) is 22.2 Å². The van der Waals surface area contributed by atoms with Crippen LogP contribution in [0.3, 0.4) is 0 Å². The van der Waals surface area contributed by atoms with Crippen molar-refractivity contribution in [2.75, 3.05) is 13.2 Å². The van der Waals surface area contributed by atoms with Gasteiger partial charge in [-0.1, -0.05) is 59.1 Å². The molecule has 4 rings (SSSR count). The van der Waals surface area contributed by atoms with Crippen molar-refractivity contribution in [3.05, 3.63) is 98.1 Å². The van der Waals surface area contributed by atoms with E-state index in [4.69, 9.17) is 32.7 Å². The van der Waals surface area contributed by atoms with Gasteiger partial charge < -0.3 is 9.47 Å². The minimum absolute atomic E-state index is 0.0466. The number of rotatable bonds is 8. The van der Waals surface area contributed by atoms with E-state index in [0.29, 0.717) is 16.9 Å². The lowest BCUT2D eigenvalue weighted by atomic mass is 10.2. The van der Waals surface area contributed by atoms with Gasteiger partial charge in [0.05, 0.1) is 21.5 Å². The molecule has 0 unspecified atom stereocenters. The maximum Gasteiger partial charge on any atom is 0.293 e. The molecule has 0 saturated carbocycles. The van der Waals surface area contributed by atoms with Crippen LogP contribution < -0.4 is 9.47 Å². The molecule has 180 valence electrons. The molecule has 35 heavy (non-hydrogen) atoms. The van der Waals surface area contributed by atoms with Gasteiger partial charge in [-0.25, -0.2) is 4.39 Å². The number of imide groups is 1. The second kappa shape index (κ2) is 11.2. The minimum Gasteiger partial charge on any atom is -0.492 e. The van der Waals surface area contributed by atoms with Crippen LogP contribution in [0.25, 0.3) is 6.08 Å². The molecule has 0 atom stereocenters. The van der Waals surface area contributed by atoms with Crippen LogP contribution >= 0.6 is 35.0 Å². The van der Waals surface area contributed by atoms with Crippen LogP contribution in [0.5, 0.6) is 11.5 Å². The highest BCUT2D eigenvalue weighted by atomic mass is 35.5. The Balaban J connectivity index is 1.41. The third-order valence-electron chi connectivity index (χ3n) is 5.13. The highest BCUT2D eigenvalue weighted by Crippen LogP contribution is 2.38. The number of hydrogen-bond donors (Lipinski definition) is 0. The fraction of sp³-hybridized carbons (Fsp3) is 0.154. The van der Waals surface area contributed by atoms with Crippen LogP contribution in [0.15, 0.2) is 65.6 Å². The average Bonchev–Trinajstić information content (AvgIpc) is 3.08. The lowest BCUT2D eigenvalue weighted by molar-refractivity contribution is -0.123. The van der Waals surface area contributed by atoms with E-state index in [9.17, 15) is 14.0 Å². The molecule has 2 amide bonds. The normalized spacial score (nSPS) is 14.6. The summed E-state index contributed by atoms with van der Waals surface area (Å²) in [5.74, 6) is 0.0609. The zero-order valence-corrected chi connectivity index (χ0v) is 20.9. The first kappa shape index (κ1) is 25.1. The molecule has 0 bridgehead atoms. The van der Waals surface area contributed by atoms with Crippen molar-refractivity contribution in [2.24, 2.45) is 0 Å². The Hall–Kier alpha value is -3.00. The smallest absolute Gasteiger partial charge is 0.293 e. The number of carbonyl (C=O) groups is 2. The number of nitrogens with zero attached hydrogens (tertiary/aromatic N) is 1. The predicted molar refractivity (Wildman–Crippen MR) is 137 cm³/mol. The predicted octanol–water partition coefficient (Wildman–Crippen LogP) is 7.14. The molecule has 0 aliphatic carbocycles. The summed E-state index contributed by atoms with van der Waals surface area (Å²) in [4.78, 5) is 26.5. The zero-order chi connectivity index (χ0) is 24.9. The first-order valence-electron chi connectivity index (χ1n) is 10.6. The second-order valence-corrected chi connectivity index (χ2v) is 9.50. The second-order valence-electron chi connectivity index (χ2n) is 7.69. The molecule has 5 nitrogen and oxygen atoms in total. The van der Waals surface area contributed by atoms with Crippen LogP contribution in [0.2, 0.25) is 10.0 Å². The Bertz CT molecular complexity index is 1270. The molecule has 1 fully saturated rings. The number of thioether (sulfide) groups is 1. The van der Waals surface area contributed by atoms with Gasteiger partial charge >= 0.3 is 0 Å². The maximum atomic E-state index is 13.8. The molecular weight excluding hydrogens is 512 g/mol. The van der Waals surface area contributed by atoms with Crippen LogP contribution in [0.1, 0.15) is 16.7 Å². The van der Waals surface area contributed by atoms with Gasteiger partial charge in [0, 0.05) is 5.56 Å². The summed E-state index contributed by atoms with van der Waals surface area (Å²) in [6.45, 7) is 2.23. The molecule has 0 spiro atoms. The van der Waals surface area contributed by atoms with Gasteiger partial charge in [-0.05, 0) is 60.7 Å². The molecule has 1 aliphatic heterocycles. The van der Waals surface area contributed by atoms with Crippen molar-refractivity contribution in [3.8, 4) is 11.5 Å². The van der Waals surface area contributed by atoms with Crippen molar-refractivity contribution in [1.82, 2.24) is 4.90 Å². The highest BCUT2D eigenvalue weighted by Gasteiger charge is 2.34. The Morgan fingerprint density at radius 1 is 1.00 bits per heavy atom. The van der Waals surface area contributed by atoms with E-state index in [2.05, 4.69) is 0 Å². The monoisotopic (exact) mass is 531 g/mol. The Kier molecular flexibility index (Phi) is 8.00. The zero-order valence-electron chi connectivity index (χ0n) is 18.6. The lowest BCUT2D eigenvalue weighted by Gasteiger charge is -2.13. The average molecular weight is 532 g/mol. The van der Waals surface area contributed by atoms with E-state index >= 15 is 0 Å².